The lowest BCUT2D eigenvalue weighted by molar-refractivity contribution is -0.123. The van der Waals surface area contributed by atoms with Crippen LogP contribution in [0.1, 0.15) is 11.1 Å². The van der Waals surface area contributed by atoms with Crippen LogP contribution in [-0.4, -0.2) is 19.1 Å². The molecule has 2 rings (SSSR count). The summed E-state index contributed by atoms with van der Waals surface area (Å²) >= 11 is 0. The SMILES string of the molecule is Cc1ccc(OCC(=O)NCc2ccc(OC(F)F)cc2)cc1. The van der Waals surface area contributed by atoms with E-state index in [-0.39, 0.29) is 24.8 Å². The Morgan fingerprint density at radius 2 is 1.65 bits per heavy atom. The second kappa shape index (κ2) is 8.12. The molecule has 2 aromatic carbocycles. The molecule has 0 saturated heterocycles. The first-order valence-electron chi connectivity index (χ1n) is 7.03. The molecule has 0 bridgehead atoms. The van der Waals surface area contributed by atoms with Gasteiger partial charge < -0.3 is 14.8 Å². The molecule has 0 radical (unpaired) electrons. The molecule has 0 unspecified atom stereocenters. The Balaban J connectivity index is 1.74. The van der Waals surface area contributed by atoms with Gasteiger partial charge in [0.2, 0.25) is 0 Å². The maximum atomic E-state index is 12.0. The number of ether oxygens (including phenoxy) is 2. The van der Waals surface area contributed by atoms with Gasteiger partial charge in [-0.1, -0.05) is 29.8 Å². The van der Waals surface area contributed by atoms with Crippen LogP contribution in [0.3, 0.4) is 0 Å². The molecule has 0 heterocycles. The standard InChI is InChI=1S/C17H17F2NO3/c1-12-2-6-14(7-3-12)22-11-16(21)20-10-13-4-8-15(9-5-13)23-17(18)19/h2-9,17H,10-11H2,1H3,(H,20,21). The molecule has 4 nitrogen and oxygen atoms in total. The third kappa shape index (κ3) is 5.94. The van der Waals surface area contributed by atoms with E-state index in [2.05, 4.69) is 10.1 Å². The molecule has 0 fully saturated rings. The predicted octanol–water partition coefficient (Wildman–Crippen LogP) is 3.29. The molecular formula is C17H17F2NO3. The Kier molecular flexibility index (Phi) is 5.91. The predicted molar refractivity (Wildman–Crippen MR) is 81.6 cm³/mol. The van der Waals surface area contributed by atoms with Crippen molar-refractivity contribution in [2.75, 3.05) is 6.61 Å². The Morgan fingerprint density at radius 1 is 1.04 bits per heavy atom. The lowest BCUT2D eigenvalue weighted by Gasteiger charge is -2.09. The Morgan fingerprint density at radius 3 is 2.26 bits per heavy atom. The average Bonchev–Trinajstić information content (AvgIpc) is 2.53. The fraction of sp³-hybridized carbons (Fsp3) is 0.235. The molecule has 0 aliphatic rings. The second-order valence-corrected chi connectivity index (χ2v) is 4.90. The number of nitrogens with one attached hydrogen (secondary N) is 1. The summed E-state index contributed by atoms with van der Waals surface area (Å²) in [6.07, 6.45) is 0. The number of rotatable bonds is 7. The average molecular weight is 321 g/mol. The molecular weight excluding hydrogens is 304 g/mol. The molecule has 0 aliphatic carbocycles. The third-order valence-corrected chi connectivity index (χ3v) is 3.03. The third-order valence-electron chi connectivity index (χ3n) is 3.03. The fourth-order valence-electron chi connectivity index (χ4n) is 1.82. The van der Waals surface area contributed by atoms with E-state index in [1.807, 2.05) is 19.1 Å². The highest BCUT2D eigenvalue weighted by Gasteiger charge is 2.05. The van der Waals surface area contributed by atoms with E-state index in [1.165, 1.54) is 12.1 Å². The lowest BCUT2D eigenvalue weighted by Crippen LogP contribution is -2.28. The molecule has 0 aliphatic heterocycles. The van der Waals surface area contributed by atoms with Crippen LogP contribution in [-0.2, 0) is 11.3 Å². The van der Waals surface area contributed by atoms with Gasteiger partial charge in [0.25, 0.3) is 5.91 Å². The Bertz CT molecular complexity index is 627. The zero-order valence-electron chi connectivity index (χ0n) is 12.6. The van der Waals surface area contributed by atoms with Crippen LogP contribution in [0, 0.1) is 6.92 Å². The summed E-state index contributed by atoms with van der Waals surface area (Å²) in [5.74, 6) is 0.440. The summed E-state index contributed by atoms with van der Waals surface area (Å²) < 4.78 is 33.7. The Hall–Kier alpha value is -2.63. The molecule has 122 valence electrons. The summed E-state index contributed by atoms with van der Waals surface area (Å²) in [4.78, 5) is 11.7. The van der Waals surface area contributed by atoms with Crippen LogP contribution in [0.2, 0.25) is 0 Å². The number of carbonyl (C=O) groups excluding carboxylic acids is 1. The maximum absolute atomic E-state index is 12.0. The van der Waals surface area contributed by atoms with Crippen molar-refractivity contribution in [3.8, 4) is 11.5 Å². The van der Waals surface area contributed by atoms with E-state index in [1.54, 1.807) is 24.3 Å². The first-order chi connectivity index (χ1) is 11.0. The highest BCUT2D eigenvalue weighted by Crippen LogP contribution is 2.15. The van der Waals surface area contributed by atoms with Crippen molar-refractivity contribution in [3.05, 3.63) is 59.7 Å². The van der Waals surface area contributed by atoms with Gasteiger partial charge >= 0.3 is 6.61 Å². The van der Waals surface area contributed by atoms with E-state index in [0.717, 1.165) is 11.1 Å². The minimum Gasteiger partial charge on any atom is -0.484 e. The van der Waals surface area contributed by atoms with Gasteiger partial charge in [0, 0.05) is 6.54 Å². The van der Waals surface area contributed by atoms with Gasteiger partial charge in [0.1, 0.15) is 11.5 Å². The smallest absolute Gasteiger partial charge is 0.387 e. The minimum atomic E-state index is -2.85. The molecule has 0 atom stereocenters. The molecule has 0 aromatic heterocycles. The number of amides is 1. The van der Waals surface area contributed by atoms with E-state index in [0.29, 0.717) is 5.75 Å². The number of benzene rings is 2. The number of aryl methyl sites for hydroxylation is 1. The molecule has 23 heavy (non-hydrogen) atoms. The van der Waals surface area contributed by atoms with Gasteiger partial charge in [0.05, 0.1) is 0 Å². The van der Waals surface area contributed by atoms with Crippen molar-refractivity contribution in [1.29, 1.82) is 0 Å². The topological polar surface area (TPSA) is 47.6 Å². The normalized spacial score (nSPS) is 10.4. The van der Waals surface area contributed by atoms with E-state index in [9.17, 15) is 13.6 Å². The minimum absolute atomic E-state index is 0.0813. The van der Waals surface area contributed by atoms with Crippen molar-refractivity contribution in [2.24, 2.45) is 0 Å². The largest absolute Gasteiger partial charge is 0.484 e. The van der Waals surface area contributed by atoms with Crippen LogP contribution >= 0.6 is 0 Å². The molecule has 1 N–H and O–H groups in total. The van der Waals surface area contributed by atoms with Gasteiger partial charge in [-0.15, -0.1) is 0 Å². The van der Waals surface area contributed by atoms with Gasteiger partial charge in [-0.3, -0.25) is 4.79 Å². The van der Waals surface area contributed by atoms with E-state index < -0.39 is 6.61 Å². The van der Waals surface area contributed by atoms with Crippen LogP contribution in [0.25, 0.3) is 0 Å². The maximum Gasteiger partial charge on any atom is 0.387 e. The summed E-state index contributed by atoms with van der Waals surface area (Å²) in [7, 11) is 0. The highest BCUT2D eigenvalue weighted by molar-refractivity contribution is 5.77. The first kappa shape index (κ1) is 16.7. The zero-order chi connectivity index (χ0) is 16.7. The van der Waals surface area contributed by atoms with Crippen LogP contribution in [0.15, 0.2) is 48.5 Å². The fourth-order valence-corrected chi connectivity index (χ4v) is 1.82. The molecule has 0 saturated carbocycles. The summed E-state index contributed by atoms with van der Waals surface area (Å²) in [6.45, 7) is -0.686. The van der Waals surface area contributed by atoms with Crippen LogP contribution < -0.4 is 14.8 Å². The lowest BCUT2D eigenvalue weighted by atomic mass is 10.2. The van der Waals surface area contributed by atoms with Crippen LogP contribution in [0.5, 0.6) is 11.5 Å². The summed E-state index contributed by atoms with van der Waals surface area (Å²) in [6, 6.07) is 13.5. The van der Waals surface area contributed by atoms with Gasteiger partial charge in [-0.25, -0.2) is 0 Å². The van der Waals surface area contributed by atoms with Crippen molar-refractivity contribution in [3.63, 3.8) is 0 Å². The van der Waals surface area contributed by atoms with E-state index >= 15 is 0 Å². The van der Waals surface area contributed by atoms with Crippen LogP contribution in [0.4, 0.5) is 8.78 Å². The van der Waals surface area contributed by atoms with Gasteiger partial charge in [0.15, 0.2) is 6.61 Å². The van der Waals surface area contributed by atoms with Crippen molar-refractivity contribution < 1.29 is 23.0 Å². The van der Waals surface area contributed by atoms with Gasteiger partial charge in [-0.05, 0) is 36.8 Å². The Labute approximate surface area is 133 Å². The van der Waals surface area contributed by atoms with Gasteiger partial charge in [-0.2, -0.15) is 8.78 Å². The number of alkyl halides is 2. The van der Waals surface area contributed by atoms with Crippen molar-refractivity contribution >= 4 is 5.91 Å². The molecule has 1 amide bonds. The number of carbonyl (C=O) groups is 1. The molecule has 2 aromatic rings. The number of hydrogen-bond donors (Lipinski definition) is 1. The van der Waals surface area contributed by atoms with Crippen molar-refractivity contribution in [2.45, 2.75) is 20.1 Å². The second-order valence-electron chi connectivity index (χ2n) is 4.90. The highest BCUT2D eigenvalue weighted by atomic mass is 19.3. The number of hydrogen-bond acceptors (Lipinski definition) is 3. The first-order valence-corrected chi connectivity index (χ1v) is 7.03. The van der Waals surface area contributed by atoms with E-state index in [4.69, 9.17) is 4.74 Å². The summed E-state index contributed by atoms with van der Waals surface area (Å²) in [5, 5.41) is 2.69. The molecule has 0 spiro atoms. The monoisotopic (exact) mass is 321 g/mol. The quantitative estimate of drug-likeness (QED) is 0.851. The zero-order valence-corrected chi connectivity index (χ0v) is 12.6. The summed E-state index contributed by atoms with van der Waals surface area (Å²) in [5.41, 5.74) is 1.89. The number of halogens is 2. The van der Waals surface area contributed by atoms with Crippen molar-refractivity contribution in [1.82, 2.24) is 5.32 Å². The molecule has 6 heteroatoms.